The second-order valence-corrected chi connectivity index (χ2v) is 7.87. The average Bonchev–Trinajstić information content (AvgIpc) is 2.42. The van der Waals surface area contributed by atoms with Crippen LogP contribution in [-0.4, -0.2) is 41.8 Å². The van der Waals surface area contributed by atoms with Gasteiger partial charge in [0.25, 0.3) is 0 Å². The molecule has 0 saturated heterocycles. The number of hydrogen-bond acceptors (Lipinski definition) is 5. The summed E-state index contributed by atoms with van der Waals surface area (Å²) in [6, 6.07) is 0.682. The van der Waals surface area contributed by atoms with Crippen LogP contribution in [0.25, 0.3) is 0 Å². The molecule has 0 spiro atoms. The standard InChI is InChI=1S/C12H23NO4Si/c1-15-18(16-2,17-3)10-9-12(13-11-14)7-5-4-6-8-12/h4-10H2,1-3H3. The molecule has 0 aromatic carbocycles. The van der Waals surface area contributed by atoms with Crippen molar-refractivity contribution < 1.29 is 18.1 Å². The Balaban J connectivity index is 2.69. The molecule has 0 aromatic rings. The van der Waals surface area contributed by atoms with Crippen LogP contribution in [0, 0.1) is 0 Å². The van der Waals surface area contributed by atoms with Gasteiger partial charge in [-0.25, -0.2) is 4.79 Å². The number of aliphatic imine (C=N–C) groups is 1. The van der Waals surface area contributed by atoms with Gasteiger partial charge in [0.1, 0.15) is 0 Å². The highest BCUT2D eigenvalue weighted by molar-refractivity contribution is 6.60. The van der Waals surface area contributed by atoms with Gasteiger partial charge in [0.2, 0.25) is 6.08 Å². The zero-order chi connectivity index (χ0) is 13.5. The van der Waals surface area contributed by atoms with Crippen molar-refractivity contribution in [3.05, 3.63) is 0 Å². The first-order valence-corrected chi connectivity index (χ1v) is 8.33. The molecule has 0 aromatic heterocycles. The summed E-state index contributed by atoms with van der Waals surface area (Å²) in [7, 11) is 2.25. The van der Waals surface area contributed by atoms with E-state index in [1.807, 2.05) is 0 Å². The SMILES string of the molecule is CO[Si](CCC1(N=C=O)CCCCC1)(OC)OC. The maximum absolute atomic E-state index is 10.6. The molecule has 6 heteroatoms. The summed E-state index contributed by atoms with van der Waals surface area (Å²) < 4.78 is 16.2. The lowest BCUT2D eigenvalue weighted by Crippen LogP contribution is -2.45. The lowest BCUT2D eigenvalue weighted by Gasteiger charge is -2.34. The number of nitrogens with zero attached hydrogens (tertiary/aromatic N) is 1. The van der Waals surface area contributed by atoms with Crippen molar-refractivity contribution in [2.45, 2.75) is 50.1 Å². The summed E-state index contributed by atoms with van der Waals surface area (Å²) >= 11 is 0. The smallest absolute Gasteiger partial charge is 0.377 e. The number of hydrogen-bond donors (Lipinski definition) is 0. The zero-order valence-corrected chi connectivity index (χ0v) is 12.5. The van der Waals surface area contributed by atoms with Crippen LogP contribution < -0.4 is 0 Å². The number of carbonyl (C=O) groups excluding carboxylic acids is 1. The van der Waals surface area contributed by atoms with Crippen molar-refractivity contribution in [1.82, 2.24) is 0 Å². The van der Waals surface area contributed by atoms with Crippen molar-refractivity contribution >= 4 is 14.9 Å². The van der Waals surface area contributed by atoms with Gasteiger partial charge >= 0.3 is 8.80 Å². The third-order valence-corrected chi connectivity index (χ3v) is 6.63. The van der Waals surface area contributed by atoms with E-state index in [0.717, 1.165) is 32.1 Å². The van der Waals surface area contributed by atoms with Gasteiger partial charge < -0.3 is 13.3 Å². The van der Waals surface area contributed by atoms with Crippen LogP contribution in [0.15, 0.2) is 4.99 Å². The Morgan fingerprint density at radius 3 is 2.11 bits per heavy atom. The van der Waals surface area contributed by atoms with Crippen LogP contribution in [0.1, 0.15) is 38.5 Å². The minimum Gasteiger partial charge on any atom is -0.377 e. The molecule has 0 atom stereocenters. The van der Waals surface area contributed by atoms with Crippen molar-refractivity contribution in [3.8, 4) is 0 Å². The topological polar surface area (TPSA) is 57.1 Å². The minimum atomic E-state index is -2.57. The molecule has 1 aliphatic rings. The predicted octanol–water partition coefficient (Wildman–Crippen LogP) is 2.29. The Bertz CT molecular complexity index is 286. The van der Waals surface area contributed by atoms with Crippen LogP contribution >= 0.6 is 0 Å². The molecule has 0 N–H and O–H groups in total. The first-order chi connectivity index (χ1) is 8.66. The highest BCUT2D eigenvalue weighted by Gasteiger charge is 2.42. The molecule has 0 heterocycles. The molecule has 1 rings (SSSR count). The highest BCUT2D eigenvalue weighted by atomic mass is 28.4. The lowest BCUT2D eigenvalue weighted by atomic mass is 9.80. The third-order valence-electron chi connectivity index (χ3n) is 3.90. The van der Waals surface area contributed by atoms with Crippen LogP contribution in [-0.2, 0) is 18.1 Å². The molecule has 0 unspecified atom stereocenters. The molecule has 1 aliphatic carbocycles. The largest absolute Gasteiger partial charge is 0.500 e. The van der Waals surface area contributed by atoms with E-state index in [1.54, 1.807) is 27.4 Å². The third kappa shape index (κ3) is 3.73. The van der Waals surface area contributed by atoms with E-state index in [0.29, 0.717) is 6.04 Å². The molecule has 0 amide bonds. The Kier molecular flexibility index (Phi) is 6.18. The van der Waals surface area contributed by atoms with Crippen molar-refractivity contribution in [2.75, 3.05) is 21.3 Å². The Morgan fingerprint density at radius 2 is 1.67 bits per heavy atom. The number of isocyanates is 1. The van der Waals surface area contributed by atoms with Crippen LogP contribution in [0.2, 0.25) is 6.04 Å². The van der Waals surface area contributed by atoms with E-state index in [4.69, 9.17) is 13.3 Å². The summed E-state index contributed by atoms with van der Waals surface area (Å²) in [5, 5.41) is 0. The highest BCUT2D eigenvalue weighted by Crippen LogP contribution is 2.37. The van der Waals surface area contributed by atoms with Gasteiger partial charge in [-0.15, -0.1) is 0 Å². The fourth-order valence-corrected chi connectivity index (χ4v) is 4.55. The Labute approximate surface area is 110 Å². The fraction of sp³-hybridized carbons (Fsp3) is 0.917. The van der Waals surface area contributed by atoms with E-state index < -0.39 is 8.80 Å². The van der Waals surface area contributed by atoms with Crippen LogP contribution in [0.4, 0.5) is 0 Å². The average molecular weight is 273 g/mol. The molecular formula is C12H23NO4Si. The molecule has 0 radical (unpaired) electrons. The monoisotopic (exact) mass is 273 g/mol. The first-order valence-electron chi connectivity index (χ1n) is 6.40. The van der Waals surface area contributed by atoms with Gasteiger partial charge in [0.15, 0.2) is 0 Å². The molecule has 0 bridgehead atoms. The maximum Gasteiger partial charge on any atom is 0.500 e. The summed E-state index contributed by atoms with van der Waals surface area (Å²) in [5.41, 5.74) is -0.270. The van der Waals surface area contributed by atoms with Crippen molar-refractivity contribution in [1.29, 1.82) is 0 Å². The lowest BCUT2D eigenvalue weighted by molar-refractivity contribution is 0.118. The number of rotatable bonds is 7. The first kappa shape index (κ1) is 15.5. The quantitative estimate of drug-likeness (QED) is 0.406. The molecular weight excluding hydrogens is 250 g/mol. The van der Waals surface area contributed by atoms with Crippen LogP contribution in [0.3, 0.4) is 0 Å². The van der Waals surface area contributed by atoms with Crippen LogP contribution in [0.5, 0.6) is 0 Å². The second-order valence-electron chi connectivity index (χ2n) is 4.78. The predicted molar refractivity (Wildman–Crippen MR) is 70.1 cm³/mol. The maximum atomic E-state index is 10.6. The summed E-state index contributed by atoms with van der Waals surface area (Å²) in [4.78, 5) is 14.7. The van der Waals surface area contributed by atoms with E-state index >= 15 is 0 Å². The molecule has 5 nitrogen and oxygen atoms in total. The Morgan fingerprint density at radius 1 is 1.11 bits per heavy atom. The molecule has 1 fully saturated rings. The molecule has 104 valence electrons. The summed E-state index contributed by atoms with van der Waals surface area (Å²) in [6.45, 7) is 0. The summed E-state index contributed by atoms with van der Waals surface area (Å²) in [5.74, 6) is 0. The Hall–Kier alpha value is -0.523. The fourth-order valence-electron chi connectivity index (χ4n) is 2.67. The molecule has 18 heavy (non-hydrogen) atoms. The molecule has 0 aliphatic heterocycles. The molecule has 1 saturated carbocycles. The van der Waals surface area contributed by atoms with Crippen molar-refractivity contribution in [2.24, 2.45) is 4.99 Å². The van der Waals surface area contributed by atoms with Gasteiger partial charge in [-0.3, -0.25) is 0 Å². The second kappa shape index (κ2) is 7.16. The zero-order valence-electron chi connectivity index (χ0n) is 11.5. The van der Waals surface area contributed by atoms with E-state index in [2.05, 4.69) is 4.99 Å². The minimum absolute atomic E-state index is 0.270. The van der Waals surface area contributed by atoms with E-state index in [-0.39, 0.29) is 5.54 Å². The van der Waals surface area contributed by atoms with E-state index in [9.17, 15) is 4.79 Å². The van der Waals surface area contributed by atoms with Gasteiger partial charge in [-0.05, 0) is 19.3 Å². The summed E-state index contributed by atoms with van der Waals surface area (Å²) in [6.07, 6.45) is 7.86. The van der Waals surface area contributed by atoms with Gasteiger partial charge in [0, 0.05) is 27.4 Å². The van der Waals surface area contributed by atoms with Crippen molar-refractivity contribution in [3.63, 3.8) is 0 Å². The normalized spacial score (nSPS) is 19.3. The van der Waals surface area contributed by atoms with Gasteiger partial charge in [-0.1, -0.05) is 19.3 Å². The van der Waals surface area contributed by atoms with Gasteiger partial charge in [0.05, 0.1) is 5.54 Å². The van der Waals surface area contributed by atoms with Gasteiger partial charge in [-0.2, -0.15) is 4.99 Å². The van der Waals surface area contributed by atoms with E-state index in [1.165, 1.54) is 6.42 Å².